The van der Waals surface area contributed by atoms with E-state index in [-0.39, 0.29) is 17.1 Å². The molecule has 0 spiro atoms. The fraction of sp³-hybridized carbons (Fsp3) is 0.0625. The third kappa shape index (κ3) is 1.97. The van der Waals surface area contributed by atoms with Crippen LogP contribution in [0.25, 0.3) is 10.9 Å². The third-order valence-corrected chi connectivity index (χ3v) is 3.93. The molecule has 8 heteroatoms. The van der Waals surface area contributed by atoms with Gasteiger partial charge in [-0.25, -0.2) is 4.98 Å². The van der Waals surface area contributed by atoms with Crippen LogP contribution in [0.3, 0.4) is 0 Å². The number of aromatic nitrogens is 2. The Morgan fingerprint density at radius 1 is 1.12 bits per heavy atom. The van der Waals surface area contributed by atoms with Crippen LogP contribution in [-0.4, -0.2) is 20.4 Å². The van der Waals surface area contributed by atoms with E-state index in [1.807, 2.05) is 0 Å². The molecule has 1 amide bonds. The van der Waals surface area contributed by atoms with Crippen LogP contribution in [-0.2, 0) is 0 Å². The Kier molecular flexibility index (Phi) is 2.92. The molecule has 0 saturated carbocycles. The highest BCUT2D eigenvalue weighted by molar-refractivity contribution is 5.95. The first-order valence-electron chi connectivity index (χ1n) is 7.13. The molecule has 0 saturated heterocycles. The van der Waals surface area contributed by atoms with E-state index in [1.165, 1.54) is 22.8 Å². The number of nitrogens with zero attached hydrogens (tertiary/aromatic N) is 3. The number of hydrogen-bond donors (Lipinski definition) is 1. The van der Waals surface area contributed by atoms with Crippen LogP contribution in [0.15, 0.2) is 53.3 Å². The van der Waals surface area contributed by atoms with Gasteiger partial charge in [-0.15, -0.1) is 0 Å². The van der Waals surface area contributed by atoms with Crippen molar-refractivity contribution < 1.29 is 9.72 Å². The van der Waals surface area contributed by atoms with Crippen molar-refractivity contribution in [2.24, 2.45) is 0 Å². The number of para-hydroxylation sites is 1. The fourth-order valence-electron chi connectivity index (χ4n) is 2.84. The Morgan fingerprint density at radius 2 is 1.92 bits per heavy atom. The predicted octanol–water partition coefficient (Wildman–Crippen LogP) is 1.59. The topological polar surface area (TPSA) is 107 Å². The molecular weight excluding hydrogens is 312 g/mol. The van der Waals surface area contributed by atoms with E-state index in [2.05, 4.69) is 10.3 Å². The standard InChI is InChI=1S/C16H10N4O4/c21-15-14-17-12-7-2-1-6-11(12)16(22)19(14)13(18-15)9-4-3-5-10(8-9)20(23)24/h1-8,13H,(H,18,21). The minimum atomic E-state index is -0.822. The van der Waals surface area contributed by atoms with Crippen molar-refractivity contribution in [2.75, 3.05) is 0 Å². The Balaban J connectivity index is 1.96. The molecular formula is C16H10N4O4. The van der Waals surface area contributed by atoms with Crippen LogP contribution in [0.4, 0.5) is 5.69 Å². The second-order valence-electron chi connectivity index (χ2n) is 5.36. The van der Waals surface area contributed by atoms with Crippen LogP contribution >= 0.6 is 0 Å². The quantitative estimate of drug-likeness (QED) is 0.569. The van der Waals surface area contributed by atoms with Gasteiger partial charge in [-0.3, -0.25) is 24.3 Å². The van der Waals surface area contributed by atoms with Crippen molar-refractivity contribution in [3.8, 4) is 0 Å². The van der Waals surface area contributed by atoms with Crippen LogP contribution in [0.2, 0.25) is 0 Å². The van der Waals surface area contributed by atoms with E-state index >= 15 is 0 Å². The Morgan fingerprint density at radius 3 is 2.71 bits per heavy atom. The number of carbonyl (C=O) groups is 1. The summed E-state index contributed by atoms with van der Waals surface area (Å²) in [6, 6.07) is 12.6. The number of nitrogens with one attached hydrogen (secondary N) is 1. The van der Waals surface area contributed by atoms with Gasteiger partial charge in [0, 0.05) is 17.7 Å². The van der Waals surface area contributed by atoms with E-state index in [1.54, 1.807) is 30.3 Å². The Labute approximate surface area is 134 Å². The molecule has 0 fully saturated rings. The normalized spacial score (nSPS) is 16.0. The number of rotatable bonds is 2. The highest BCUT2D eigenvalue weighted by atomic mass is 16.6. The van der Waals surface area contributed by atoms with Crippen molar-refractivity contribution in [2.45, 2.75) is 6.17 Å². The molecule has 1 unspecified atom stereocenters. The summed E-state index contributed by atoms with van der Waals surface area (Å²) in [7, 11) is 0. The van der Waals surface area contributed by atoms with E-state index in [9.17, 15) is 19.7 Å². The van der Waals surface area contributed by atoms with Crippen LogP contribution in [0.5, 0.6) is 0 Å². The maximum Gasteiger partial charge on any atom is 0.289 e. The Hall–Kier alpha value is -3.55. The third-order valence-electron chi connectivity index (χ3n) is 3.93. The van der Waals surface area contributed by atoms with Gasteiger partial charge in [0.2, 0.25) is 5.82 Å². The maximum atomic E-state index is 12.8. The molecule has 8 nitrogen and oxygen atoms in total. The van der Waals surface area contributed by atoms with Gasteiger partial charge in [-0.1, -0.05) is 24.3 Å². The van der Waals surface area contributed by atoms with Gasteiger partial charge >= 0.3 is 0 Å². The van der Waals surface area contributed by atoms with Gasteiger partial charge in [0.25, 0.3) is 17.2 Å². The summed E-state index contributed by atoms with van der Waals surface area (Å²) in [5.41, 5.74) is 0.390. The summed E-state index contributed by atoms with van der Waals surface area (Å²) in [6.07, 6.45) is -0.822. The molecule has 1 N–H and O–H groups in total. The molecule has 1 aliphatic rings. The van der Waals surface area contributed by atoms with Gasteiger partial charge in [-0.05, 0) is 12.1 Å². The summed E-state index contributed by atoms with van der Waals surface area (Å²) in [4.78, 5) is 39.6. The first kappa shape index (κ1) is 14.1. The number of hydrogen-bond acceptors (Lipinski definition) is 5. The minimum Gasteiger partial charge on any atom is -0.325 e. The molecule has 0 radical (unpaired) electrons. The average molecular weight is 322 g/mol. The van der Waals surface area contributed by atoms with Gasteiger partial charge in [-0.2, -0.15) is 0 Å². The molecule has 0 bridgehead atoms. The van der Waals surface area contributed by atoms with E-state index in [0.717, 1.165) is 0 Å². The second kappa shape index (κ2) is 4.98. The lowest BCUT2D eigenvalue weighted by Gasteiger charge is -2.14. The highest BCUT2D eigenvalue weighted by Crippen LogP contribution is 2.25. The summed E-state index contributed by atoms with van der Waals surface area (Å²) in [5.74, 6) is -0.496. The van der Waals surface area contributed by atoms with Crippen LogP contribution < -0.4 is 10.9 Å². The van der Waals surface area contributed by atoms with Crippen molar-refractivity contribution in [1.29, 1.82) is 0 Å². The first-order valence-corrected chi connectivity index (χ1v) is 7.13. The lowest BCUT2D eigenvalue weighted by molar-refractivity contribution is -0.384. The first-order chi connectivity index (χ1) is 11.6. The number of nitro benzene ring substituents is 1. The molecule has 0 aliphatic carbocycles. The zero-order chi connectivity index (χ0) is 16.8. The van der Waals surface area contributed by atoms with Crippen molar-refractivity contribution in [3.63, 3.8) is 0 Å². The van der Waals surface area contributed by atoms with Gasteiger partial charge in [0.15, 0.2) is 0 Å². The van der Waals surface area contributed by atoms with E-state index in [4.69, 9.17) is 0 Å². The number of benzene rings is 2. The van der Waals surface area contributed by atoms with Gasteiger partial charge in [0.05, 0.1) is 15.8 Å². The number of nitro groups is 1. The highest BCUT2D eigenvalue weighted by Gasteiger charge is 2.33. The molecule has 1 atom stereocenters. The van der Waals surface area contributed by atoms with Crippen molar-refractivity contribution >= 4 is 22.5 Å². The largest absolute Gasteiger partial charge is 0.325 e. The number of carbonyl (C=O) groups excluding carboxylic acids is 1. The maximum absolute atomic E-state index is 12.8. The zero-order valence-corrected chi connectivity index (χ0v) is 12.2. The lowest BCUT2D eigenvalue weighted by atomic mass is 10.1. The van der Waals surface area contributed by atoms with Gasteiger partial charge in [0.1, 0.15) is 6.17 Å². The molecule has 24 heavy (non-hydrogen) atoms. The lowest BCUT2D eigenvalue weighted by Crippen LogP contribution is -2.28. The predicted molar refractivity (Wildman–Crippen MR) is 84.7 cm³/mol. The SMILES string of the molecule is O=C1NC(c2cccc([N+](=O)[O-])c2)n2c1nc1ccccc1c2=O. The minimum absolute atomic E-state index is 0.00444. The Bertz CT molecular complexity index is 1070. The number of non-ortho nitro benzene ring substituents is 1. The van der Waals surface area contributed by atoms with E-state index < -0.39 is 17.0 Å². The number of amides is 1. The monoisotopic (exact) mass is 322 g/mol. The summed E-state index contributed by atoms with van der Waals surface area (Å²) < 4.78 is 1.24. The number of fused-ring (bicyclic) bond motifs is 2. The second-order valence-corrected chi connectivity index (χ2v) is 5.36. The van der Waals surface area contributed by atoms with Crippen LogP contribution in [0, 0.1) is 10.1 Å². The summed E-state index contributed by atoms with van der Waals surface area (Å²) >= 11 is 0. The van der Waals surface area contributed by atoms with Crippen LogP contribution in [0.1, 0.15) is 22.3 Å². The van der Waals surface area contributed by atoms with Crippen molar-refractivity contribution in [3.05, 3.63) is 80.4 Å². The smallest absolute Gasteiger partial charge is 0.289 e. The summed E-state index contributed by atoms with van der Waals surface area (Å²) in [6.45, 7) is 0. The van der Waals surface area contributed by atoms with E-state index in [0.29, 0.717) is 16.5 Å². The fourth-order valence-corrected chi connectivity index (χ4v) is 2.84. The average Bonchev–Trinajstić information content (AvgIpc) is 2.92. The summed E-state index contributed by atoms with van der Waals surface area (Å²) in [5, 5.41) is 14.0. The van der Waals surface area contributed by atoms with Gasteiger partial charge < -0.3 is 5.32 Å². The molecule has 1 aromatic heterocycles. The molecule has 3 aromatic rings. The zero-order valence-electron chi connectivity index (χ0n) is 12.2. The molecule has 4 rings (SSSR count). The molecule has 2 heterocycles. The molecule has 118 valence electrons. The molecule has 2 aromatic carbocycles. The van der Waals surface area contributed by atoms with Crippen molar-refractivity contribution in [1.82, 2.24) is 14.9 Å². The molecule has 1 aliphatic heterocycles.